The second-order valence-electron chi connectivity index (χ2n) is 8.59. The van der Waals surface area contributed by atoms with Gasteiger partial charge in [0.25, 0.3) is 0 Å². The van der Waals surface area contributed by atoms with Crippen LogP contribution in [-0.2, 0) is 17.9 Å². The lowest BCUT2D eigenvalue weighted by atomic mass is 10.1. The number of hydroxylamine groups is 1. The van der Waals surface area contributed by atoms with Gasteiger partial charge in [-0.25, -0.2) is 4.31 Å². The average molecular weight is 591 g/mol. The molecule has 2 N–H and O–H groups in total. The van der Waals surface area contributed by atoms with Crippen molar-refractivity contribution in [3.8, 4) is 23.0 Å². The number of ether oxygens (including phenoxy) is 3. The van der Waals surface area contributed by atoms with E-state index in [1.165, 1.54) is 0 Å². The van der Waals surface area contributed by atoms with E-state index < -0.39 is 0 Å². The van der Waals surface area contributed by atoms with Gasteiger partial charge in [0.15, 0.2) is 6.23 Å². The van der Waals surface area contributed by atoms with Gasteiger partial charge in [0.05, 0.1) is 27.5 Å². The third kappa shape index (κ3) is 6.90. The summed E-state index contributed by atoms with van der Waals surface area (Å²) in [4.78, 5) is 8.12. The Morgan fingerprint density at radius 2 is 1.59 bits per heavy atom. The van der Waals surface area contributed by atoms with Crippen molar-refractivity contribution in [2.24, 2.45) is 0 Å². The number of benzene rings is 3. The van der Waals surface area contributed by atoms with Gasteiger partial charge in [-0.15, -0.1) is 0 Å². The standard InChI is InChI=1S/C27H32BrN3O5S/c1-30-26(29-36-27(30)18-5-9-21(28)10-6-18)17-37-31(15-19-7-11-22(32)13-24(19)34-3)16-20-8-12-23(33-2)14-25(20)35-4/h5-14,26-27,29,32H,15-17H2,1-4H3. The molecular formula is C27H32BrN3O5S. The van der Waals surface area contributed by atoms with E-state index in [1.54, 1.807) is 45.4 Å². The zero-order valence-electron chi connectivity index (χ0n) is 21.3. The zero-order chi connectivity index (χ0) is 26.4. The highest BCUT2D eigenvalue weighted by atomic mass is 79.9. The second kappa shape index (κ2) is 12.9. The predicted molar refractivity (Wildman–Crippen MR) is 149 cm³/mol. The Kier molecular flexibility index (Phi) is 9.58. The van der Waals surface area contributed by atoms with Crippen LogP contribution in [0.3, 0.4) is 0 Å². The maximum Gasteiger partial charge on any atom is 0.158 e. The summed E-state index contributed by atoms with van der Waals surface area (Å²) in [6, 6.07) is 19.2. The molecule has 3 aromatic rings. The second-order valence-corrected chi connectivity index (χ2v) is 10.6. The van der Waals surface area contributed by atoms with Gasteiger partial charge in [-0.3, -0.25) is 9.74 Å². The number of phenols is 1. The fraction of sp³-hybridized carbons (Fsp3) is 0.333. The first-order valence-electron chi connectivity index (χ1n) is 11.7. The molecule has 1 fully saturated rings. The quantitative estimate of drug-likeness (QED) is 0.289. The highest BCUT2D eigenvalue weighted by molar-refractivity contribution is 9.10. The monoisotopic (exact) mass is 589 g/mol. The summed E-state index contributed by atoms with van der Waals surface area (Å²) < 4.78 is 19.8. The highest BCUT2D eigenvalue weighted by Gasteiger charge is 2.33. The van der Waals surface area contributed by atoms with Crippen LogP contribution >= 0.6 is 27.9 Å². The minimum absolute atomic E-state index is 0.000577. The van der Waals surface area contributed by atoms with Gasteiger partial charge in [-0.1, -0.05) is 52.1 Å². The lowest BCUT2D eigenvalue weighted by Gasteiger charge is -2.27. The average Bonchev–Trinajstić information content (AvgIpc) is 3.28. The van der Waals surface area contributed by atoms with E-state index >= 15 is 0 Å². The first-order valence-corrected chi connectivity index (χ1v) is 13.5. The van der Waals surface area contributed by atoms with Crippen LogP contribution in [0.1, 0.15) is 22.9 Å². The summed E-state index contributed by atoms with van der Waals surface area (Å²) >= 11 is 5.19. The minimum Gasteiger partial charge on any atom is -0.508 e. The molecule has 0 bridgehead atoms. The van der Waals surface area contributed by atoms with Crippen molar-refractivity contribution in [3.05, 3.63) is 81.8 Å². The molecule has 1 saturated heterocycles. The molecule has 0 amide bonds. The van der Waals surface area contributed by atoms with Crippen LogP contribution in [0.2, 0.25) is 0 Å². The van der Waals surface area contributed by atoms with Crippen molar-refractivity contribution in [2.75, 3.05) is 34.1 Å². The molecule has 1 aliphatic heterocycles. The smallest absolute Gasteiger partial charge is 0.158 e. The van der Waals surface area contributed by atoms with Crippen molar-refractivity contribution in [3.63, 3.8) is 0 Å². The largest absolute Gasteiger partial charge is 0.508 e. The third-order valence-electron chi connectivity index (χ3n) is 6.21. The third-order valence-corrected chi connectivity index (χ3v) is 7.82. The molecule has 2 atom stereocenters. The van der Waals surface area contributed by atoms with E-state index in [9.17, 15) is 5.11 Å². The van der Waals surface area contributed by atoms with Gasteiger partial charge in [-0.05, 0) is 36.9 Å². The molecule has 4 rings (SSSR count). The molecule has 1 heterocycles. The molecule has 3 aromatic carbocycles. The van der Waals surface area contributed by atoms with Crippen LogP contribution in [0, 0.1) is 0 Å². The number of aromatic hydroxyl groups is 1. The number of hydrogen-bond acceptors (Lipinski definition) is 9. The Bertz CT molecular complexity index is 1180. The normalized spacial score (nSPS) is 17.8. The fourth-order valence-corrected chi connectivity index (χ4v) is 5.48. The van der Waals surface area contributed by atoms with E-state index in [-0.39, 0.29) is 18.1 Å². The van der Waals surface area contributed by atoms with Crippen molar-refractivity contribution in [2.45, 2.75) is 25.5 Å². The Hall–Kier alpha value is -2.47. The summed E-state index contributed by atoms with van der Waals surface area (Å²) in [6.07, 6.45) is -0.174. The van der Waals surface area contributed by atoms with E-state index in [0.717, 1.165) is 38.4 Å². The maximum absolute atomic E-state index is 9.91. The summed E-state index contributed by atoms with van der Waals surface area (Å²) in [6.45, 7) is 1.21. The van der Waals surface area contributed by atoms with E-state index in [1.807, 2.05) is 36.4 Å². The summed E-state index contributed by atoms with van der Waals surface area (Å²) in [7, 11) is 6.97. The molecule has 198 valence electrons. The van der Waals surface area contributed by atoms with E-state index in [4.69, 9.17) is 19.0 Å². The van der Waals surface area contributed by atoms with Crippen molar-refractivity contribution in [1.29, 1.82) is 0 Å². The van der Waals surface area contributed by atoms with E-state index in [0.29, 0.717) is 18.8 Å². The van der Waals surface area contributed by atoms with E-state index in [2.05, 4.69) is 49.8 Å². The maximum atomic E-state index is 9.91. The Morgan fingerprint density at radius 3 is 2.24 bits per heavy atom. The number of phenolic OH excluding ortho intramolecular Hbond substituents is 1. The molecule has 2 unspecified atom stereocenters. The molecule has 0 aliphatic carbocycles. The first-order chi connectivity index (χ1) is 17.9. The Morgan fingerprint density at radius 1 is 0.946 bits per heavy atom. The van der Waals surface area contributed by atoms with Crippen LogP contribution in [0.25, 0.3) is 0 Å². The van der Waals surface area contributed by atoms with Crippen molar-refractivity contribution in [1.82, 2.24) is 14.7 Å². The lowest BCUT2D eigenvalue weighted by molar-refractivity contribution is -0.00431. The molecule has 0 spiro atoms. The number of methoxy groups -OCH3 is 3. The Balaban J connectivity index is 1.51. The van der Waals surface area contributed by atoms with Gasteiger partial charge in [-0.2, -0.15) is 5.48 Å². The molecule has 10 heteroatoms. The van der Waals surface area contributed by atoms with Gasteiger partial charge in [0, 0.05) is 46.6 Å². The summed E-state index contributed by atoms with van der Waals surface area (Å²) in [5.41, 5.74) is 6.27. The molecule has 0 saturated carbocycles. The SMILES string of the molecule is COc1ccc(CN(Cc2ccc(O)cc2OC)SCC2NOC(c3ccc(Br)cc3)N2C)c(OC)c1. The van der Waals surface area contributed by atoms with Crippen molar-refractivity contribution >= 4 is 27.9 Å². The topological polar surface area (TPSA) is 75.7 Å². The number of hydrogen-bond donors (Lipinski definition) is 2. The lowest BCUT2D eigenvalue weighted by Crippen LogP contribution is -2.36. The minimum atomic E-state index is -0.175. The molecule has 37 heavy (non-hydrogen) atoms. The van der Waals surface area contributed by atoms with Crippen LogP contribution in [0.15, 0.2) is 65.1 Å². The molecular weight excluding hydrogens is 558 g/mol. The predicted octanol–water partition coefficient (Wildman–Crippen LogP) is 5.32. The Labute approximate surface area is 230 Å². The first kappa shape index (κ1) is 27.6. The van der Waals surface area contributed by atoms with Crippen LogP contribution in [-0.4, -0.2) is 54.6 Å². The van der Waals surface area contributed by atoms with Gasteiger partial charge < -0.3 is 19.3 Å². The highest BCUT2D eigenvalue weighted by Crippen LogP contribution is 2.33. The molecule has 0 radical (unpaired) electrons. The summed E-state index contributed by atoms with van der Waals surface area (Å²) in [5.74, 6) is 3.06. The summed E-state index contributed by atoms with van der Waals surface area (Å²) in [5, 5.41) is 9.91. The number of nitrogens with zero attached hydrogens (tertiary/aromatic N) is 2. The van der Waals surface area contributed by atoms with Crippen LogP contribution in [0.5, 0.6) is 23.0 Å². The van der Waals surface area contributed by atoms with Gasteiger partial charge in [0.1, 0.15) is 23.0 Å². The number of nitrogens with one attached hydrogen (secondary N) is 1. The zero-order valence-corrected chi connectivity index (χ0v) is 23.7. The van der Waals surface area contributed by atoms with Gasteiger partial charge >= 0.3 is 0 Å². The van der Waals surface area contributed by atoms with Gasteiger partial charge in [0.2, 0.25) is 0 Å². The molecule has 0 aromatic heterocycles. The van der Waals surface area contributed by atoms with Crippen molar-refractivity contribution < 1.29 is 24.2 Å². The fourth-order valence-electron chi connectivity index (χ4n) is 4.10. The molecule has 1 aliphatic rings. The molecule has 8 nitrogen and oxygen atoms in total. The number of halogens is 1. The van der Waals surface area contributed by atoms with Crippen LogP contribution < -0.4 is 19.7 Å². The van der Waals surface area contributed by atoms with Crippen LogP contribution in [0.4, 0.5) is 0 Å². The number of rotatable bonds is 11.